The molecule has 0 aromatic carbocycles. The molecular formula is C12H18N6O2S. The van der Waals surface area contributed by atoms with E-state index in [1.807, 2.05) is 14.0 Å². The smallest absolute Gasteiger partial charge is 0.301 e. The summed E-state index contributed by atoms with van der Waals surface area (Å²) < 4.78 is 30.3. The van der Waals surface area contributed by atoms with Gasteiger partial charge in [0.1, 0.15) is 0 Å². The summed E-state index contributed by atoms with van der Waals surface area (Å²) in [6.07, 6.45) is 1.52. The van der Waals surface area contributed by atoms with Crippen molar-refractivity contribution < 1.29 is 8.42 Å². The summed E-state index contributed by atoms with van der Waals surface area (Å²) in [7, 11) is -1.72. The first-order chi connectivity index (χ1) is 9.97. The van der Waals surface area contributed by atoms with Gasteiger partial charge in [-0.3, -0.25) is 9.40 Å². The highest BCUT2D eigenvalue weighted by atomic mass is 32.2. The molecular weight excluding hydrogens is 292 g/mol. The van der Waals surface area contributed by atoms with E-state index in [1.165, 1.54) is 10.5 Å². The van der Waals surface area contributed by atoms with Crippen LogP contribution in [-0.2, 0) is 17.3 Å². The Labute approximate surface area is 123 Å². The van der Waals surface area contributed by atoms with E-state index < -0.39 is 10.2 Å². The van der Waals surface area contributed by atoms with E-state index >= 15 is 0 Å². The molecule has 1 fully saturated rings. The molecule has 0 aliphatic carbocycles. The Morgan fingerprint density at radius 2 is 2.05 bits per heavy atom. The minimum absolute atomic E-state index is 0.456. The number of aryl methyl sites for hydroxylation is 2. The summed E-state index contributed by atoms with van der Waals surface area (Å²) in [6, 6.07) is 1.77. The van der Waals surface area contributed by atoms with Crippen molar-refractivity contribution in [2.75, 3.05) is 30.9 Å². The SMILES string of the molecule is Cc1nn(C)c2ncc(NS(=O)(=O)N3CCNCC3)cc12. The van der Waals surface area contributed by atoms with Crippen LogP contribution in [0.15, 0.2) is 12.3 Å². The van der Waals surface area contributed by atoms with Gasteiger partial charge in [0.05, 0.1) is 17.6 Å². The van der Waals surface area contributed by atoms with Gasteiger partial charge in [-0.1, -0.05) is 0 Å². The van der Waals surface area contributed by atoms with Crippen molar-refractivity contribution in [1.29, 1.82) is 0 Å². The van der Waals surface area contributed by atoms with Gasteiger partial charge in [0.2, 0.25) is 0 Å². The van der Waals surface area contributed by atoms with Crippen molar-refractivity contribution in [3.8, 4) is 0 Å². The third-order valence-corrected chi connectivity index (χ3v) is 5.06. The van der Waals surface area contributed by atoms with E-state index in [-0.39, 0.29) is 0 Å². The zero-order chi connectivity index (χ0) is 15.0. The number of hydrogen-bond acceptors (Lipinski definition) is 5. The van der Waals surface area contributed by atoms with Gasteiger partial charge in [-0.05, 0) is 13.0 Å². The topological polar surface area (TPSA) is 92.1 Å². The van der Waals surface area contributed by atoms with Crippen LogP contribution >= 0.6 is 0 Å². The Bertz CT molecular complexity index is 763. The summed E-state index contributed by atoms with van der Waals surface area (Å²) in [6.45, 7) is 4.15. The van der Waals surface area contributed by atoms with Gasteiger partial charge in [-0.2, -0.15) is 17.8 Å². The fourth-order valence-corrected chi connectivity index (χ4v) is 3.66. The summed E-state index contributed by atoms with van der Waals surface area (Å²) >= 11 is 0. The van der Waals surface area contributed by atoms with Crippen molar-refractivity contribution in [3.63, 3.8) is 0 Å². The molecule has 0 unspecified atom stereocenters. The van der Waals surface area contributed by atoms with E-state index in [4.69, 9.17) is 0 Å². The van der Waals surface area contributed by atoms with E-state index in [9.17, 15) is 8.42 Å². The molecule has 21 heavy (non-hydrogen) atoms. The van der Waals surface area contributed by atoms with Gasteiger partial charge < -0.3 is 5.32 Å². The molecule has 1 aliphatic rings. The first-order valence-corrected chi connectivity index (χ1v) is 8.19. The molecule has 0 atom stereocenters. The number of anilines is 1. The largest absolute Gasteiger partial charge is 0.314 e. The Hall–Kier alpha value is -1.71. The van der Waals surface area contributed by atoms with Crippen molar-refractivity contribution in [1.82, 2.24) is 24.4 Å². The highest BCUT2D eigenvalue weighted by Crippen LogP contribution is 2.20. The molecule has 8 nitrogen and oxygen atoms in total. The molecule has 114 valence electrons. The van der Waals surface area contributed by atoms with E-state index in [0.717, 1.165) is 16.7 Å². The van der Waals surface area contributed by atoms with Gasteiger partial charge in [0, 0.05) is 38.6 Å². The molecule has 0 amide bonds. The second-order valence-electron chi connectivity index (χ2n) is 5.06. The second kappa shape index (κ2) is 5.24. The normalized spacial score (nSPS) is 17.2. The third kappa shape index (κ3) is 2.71. The number of rotatable bonds is 3. The van der Waals surface area contributed by atoms with Crippen molar-refractivity contribution in [2.45, 2.75) is 6.92 Å². The molecule has 1 saturated heterocycles. The van der Waals surface area contributed by atoms with Crippen LogP contribution in [0.4, 0.5) is 5.69 Å². The molecule has 0 spiro atoms. The number of fused-ring (bicyclic) bond motifs is 1. The Morgan fingerprint density at radius 3 is 2.76 bits per heavy atom. The number of pyridine rings is 1. The second-order valence-corrected chi connectivity index (χ2v) is 6.73. The molecule has 1 aliphatic heterocycles. The van der Waals surface area contributed by atoms with E-state index in [0.29, 0.717) is 31.9 Å². The lowest BCUT2D eigenvalue weighted by atomic mass is 10.3. The average molecular weight is 310 g/mol. The number of piperazine rings is 1. The monoisotopic (exact) mass is 310 g/mol. The lowest BCUT2D eigenvalue weighted by Gasteiger charge is -2.26. The minimum Gasteiger partial charge on any atom is -0.314 e. The van der Waals surface area contributed by atoms with E-state index in [1.54, 1.807) is 10.7 Å². The predicted molar refractivity (Wildman–Crippen MR) is 80.2 cm³/mol. The van der Waals surface area contributed by atoms with Gasteiger partial charge >= 0.3 is 10.2 Å². The number of hydrogen-bond donors (Lipinski definition) is 2. The Balaban J connectivity index is 1.88. The highest BCUT2D eigenvalue weighted by molar-refractivity contribution is 7.90. The van der Waals surface area contributed by atoms with Crippen molar-refractivity contribution in [3.05, 3.63) is 18.0 Å². The number of nitrogens with one attached hydrogen (secondary N) is 2. The summed E-state index contributed by atoms with van der Waals surface area (Å²) in [5, 5.41) is 8.25. The van der Waals surface area contributed by atoms with Gasteiger partial charge in [0.25, 0.3) is 0 Å². The van der Waals surface area contributed by atoms with Crippen LogP contribution < -0.4 is 10.0 Å². The van der Waals surface area contributed by atoms with Gasteiger partial charge in [-0.15, -0.1) is 0 Å². The first kappa shape index (κ1) is 14.2. The molecule has 2 aromatic rings. The lowest BCUT2D eigenvalue weighted by molar-refractivity contribution is 0.362. The number of nitrogens with zero attached hydrogens (tertiary/aromatic N) is 4. The van der Waals surface area contributed by atoms with Crippen LogP contribution in [0.5, 0.6) is 0 Å². The van der Waals surface area contributed by atoms with Crippen LogP contribution in [0.25, 0.3) is 11.0 Å². The predicted octanol–water partition coefficient (Wildman–Crippen LogP) is -0.161. The maximum Gasteiger partial charge on any atom is 0.301 e. The maximum atomic E-state index is 12.3. The van der Waals surface area contributed by atoms with Crippen LogP contribution in [0.2, 0.25) is 0 Å². The fraction of sp³-hybridized carbons (Fsp3) is 0.500. The summed E-state index contributed by atoms with van der Waals surface area (Å²) in [5.41, 5.74) is 2.01. The summed E-state index contributed by atoms with van der Waals surface area (Å²) in [4.78, 5) is 4.27. The molecule has 3 heterocycles. The summed E-state index contributed by atoms with van der Waals surface area (Å²) in [5.74, 6) is 0. The molecule has 9 heteroatoms. The average Bonchev–Trinajstić information content (AvgIpc) is 2.74. The zero-order valence-corrected chi connectivity index (χ0v) is 12.8. The lowest BCUT2D eigenvalue weighted by Crippen LogP contribution is -2.48. The highest BCUT2D eigenvalue weighted by Gasteiger charge is 2.23. The minimum atomic E-state index is -3.53. The van der Waals surface area contributed by atoms with Gasteiger partial charge in [-0.25, -0.2) is 4.98 Å². The molecule has 0 saturated carbocycles. The first-order valence-electron chi connectivity index (χ1n) is 6.75. The fourth-order valence-electron chi connectivity index (χ4n) is 2.46. The van der Waals surface area contributed by atoms with Crippen molar-refractivity contribution >= 4 is 26.9 Å². The quantitative estimate of drug-likeness (QED) is 0.822. The Morgan fingerprint density at radius 1 is 1.33 bits per heavy atom. The number of aromatic nitrogens is 3. The Kier molecular flexibility index (Phi) is 3.56. The zero-order valence-electron chi connectivity index (χ0n) is 12.0. The third-order valence-electron chi connectivity index (χ3n) is 3.53. The van der Waals surface area contributed by atoms with Crippen LogP contribution in [0.3, 0.4) is 0 Å². The molecule has 0 bridgehead atoms. The van der Waals surface area contributed by atoms with Crippen molar-refractivity contribution in [2.24, 2.45) is 7.05 Å². The maximum absolute atomic E-state index is 12.3. The standard InChI is InChI=1S/C12H18N6O2S/c1-9-11-7-10(8-14-12(11)17(2)15-9)16-21(19,20)18-5-3-13-4-6-18/h7-8,13,16H,3-6H2,1-2H3. The van der Waals surface area contributed by atoms with Crippen LogP contribution in [0, 0.1) is 6.92 Å². The van der Waals surface area contributed by atoms with Gasteiger partial charge in [0.15, 0.2) is 5.65 Å². The van der Waals surface area contributed by atoms with E-state index in [2.05, 4.69) is 20.1 Å². The van der Waals surface area contributed by atoms with Crippen LogP contribution in [0.1, 0.15) is 5.69 Å². The molecule has 3 rings (SSSR count). The molecule has 2 aromatic heterocycles. The molecule has 0 radical (unpaired) electrons. The van der Waals surface area contributed by atoms with Crippen LogP contribution in [-0.4, -0.2) is 53.7 Å². The molecule has 2 N–H and O–H groups in total.